The van der Waals surface area contributed by atoms with Gasteiger partial charge in [0.15, 0.2) is 0 Å². The first-order valence-electron chi connectivity index (χ1n) is 3.85. The van der Waals surface area contributed by atoms with Gasteiger partial charge in [-0.25, -0.2) is 0 Å². The van der Waals surface area contributed by atoms with Gasteiger partial charge in [-0.1, -0.05) is 13.8 Å². The summed E-state index contributed by atoms with van der Waals surface area (Å²) in [4.78, 5) is 0. The predicted molar refractivity (Wildman–Crippen MR) is 43.4 cm³/mol. The largest absolute Gasteiger partial charge is 0.380 e. The molecule has 0 amide bonds. The van der Waals surface area contributed by atoms with Crippen molar-refractivity contribution in [2.45, 2.75) is 20.3 Å². The normalized spacial score (nSPS) is 22.8. The summed E-state index contributed by atoms with van der Waals surface area (Å²) in [5.41, 5.74) is 0.418. The van der Waals surface area contributed by atoms with Gasteiger partial charge < -0.3 is 4.74 Å². The molecule has 0 aromatic rings. The zero-order chi connectivity index (χ0) is 7.61. The molecular formula is C8H15ClO. The third-order valence-electron chi connectivity index (χ3n) is 2.60. The van der Waals surface area contributed by atoms with E-state index in [1.54, 1.807) is 0 Å². The van der Waals surface area contributed by atoms with Crippen LogP contribution in [0.5, 0.6) is 0 Å². The highest BCUT2D eigenvalue weighted by molar-refractivity contribution is 6.17. The summed E-state index contributed by atoms with van der Waals surface area (Å²) in [6, 6.07) is 0. The Morgan fingerprint density at radius 1 is 1.50 bits per heavy atom. The highest BCUT2D eigenvalue weighted by Crippen LogP contribution is 2.39. The maximum absolute atomic E-state index is 5.69. The molecule has 10 heavy (non-hydrogen) atoms. The fourth-order valence-electron chi connectivity index (χ4n) is 1.32. The first kappa shape index (κ1) is 8.35. The Morgan fingerprint density at radius 3 is 2.20 bits per heavy atom. The molecule has 0 spiro atoms. The van der Waals surface area contributed by atoms with E-state index in [1.807, 2.05) is 0 Å². The summed E-state index contributed by atoms with van der Waals surface area (Å²) in [7, 11) is 0. The highest BCUT2D eigenvalue weighted by Gasteiger charge is 2.40. The quantitative estimate of drug-likeness (QED) is 0.579. The van der Waals surface area contributed by atoms with E-state index in [0.29, 0.717) is 11.3 Å². The Hall–Kier alpha value is 0.250. The molecule has 0 radical (unpaired) electrons. The third kappa shape index (κ3) is 1.30. The molecule has 0 N–H and O–H groups in total. The van der Waals surface area contributed by atoms with Crippen molar-refractivity contribution in [1.29, 1.82) is 0 Å². The van der Waals surface area contributed by atoms with Gasteiger partial charge in [-0.2, -0.15) is 0 Å². The molecule has 0 aromatic heterocycles. The Bertz CT molecular complexity index is 108. The minimum Gasteiger partial charge on any atom is -0.380 e. The first-order chi connectivity index (χ1) is 4.71. The topological polar surface area (TPSA) is 9.23 Å². The number of hydrogen-bond donors (Lipinski definition) is 0. The molecule has 0 saturated carbocycles. The molecule has 0 unspecified atom stereocenters. The summed E-state index contributed by atoms with van der Waals surface area (Å²) in [5.74, 6) is 1.47. The molecule has 2 heteroatoms. The second-order valence-corrected chi connectivity index (χ2v) is 3.83. The summed E-state index contributed by atoms with van der Waals surface area (Å²) in [5, 5.41) is 0. The van der Waals surface area contributed by atoms with Crippen LogP contribution in [0.1, 0.15) is 20.3 Å². The average Bonchev–Trinajstić information content (AvgIpc) is 1.77. The number of hydrogen-bond acceptors (Lipinski definition) is 1. The monoisotopic (exact) mass is 162 g/mol. The summed E-state index contributed by atoms with van der Waals surface area (Å²) in [6.07, 6.45) is 1.10. The van der Waals surface area contributed by atoms with E-state index >= 15 is 0 Å². The van der Waals surface area contributed by atoms with Gasteiger partial charge in [0.2, 0.25) is 0 Å². The molecule has 1 heterocycles. The number of alkyl halides is 1. The van der Waals surface area contributed by atoms with Crippen molar-refractivity contribution < 1.29 is 4.74 Å². The fraction of sp³-hybridized carbons (Fsp3) is 1.00. The summed E-state index contributed by atoms with van der Waals surface area (Å²) in [6.45, 7) is 6.32. The molecule has 60 valence electrons. The molecule has 1 saturated heterocycles. The SMILES string of the molecule is CC(C)C1(CCCl)COC1. The number of rotatable bonds is 3. The maximum Gasteiger partial charge on any atom is 0.0547 e. The lowest BCUT2D eigenvalue weighted by Crippen LogP contribution is -2.46. The highest BCUT2D eigenvalue weighted by atomic mass is 35.5. The molecule has 0 atom stereocenters. The minimum atomic E-state index is 0.418. The van der Waals surface area contributed by atoms with Crippen LogP contribution in [0.3, 0.4) is 0 Å². The Balaban J connectivity index is 2.42. The molecule has 1 nitrogen and oxygen atoms in total. The summed E-state index contributed by atoms with van der Waals surface area (Å²) >= 11 is 5.69. The third-order valence-corrected chi connectivity index (χ3v) is 2.79. The second-order valence-electron chi connectivity index (χ2n) is 3.45. The van der Waals surface area contributed by atoms with E-state index in [2.05, 4.69) is 13.8 Å². The Kier molecular flexibility index (Phi) is 2.59. The minimum absolute atomic E-state index is 0.418. The van der Waals surface area contributed by atoms with E-state index in [4.69, 9.17) is 16.3 Å². The number of halogens is 1. The van der Waals surface area contributed by atoms with Crippen molar-refractivity contribution in [3.63, 3.8) is 0 Å². The lowest BCUT2D eigenvalue weighted by Gasteiger charge is -2.44. The second kappa shape index (κ2) is 3.10. The van der Waals surface area contributed by atoms with E-state index in [9.17, 15) is 0 Å². The van der Waals surface area contributed by atoms with Gasteiger partial charge in [0.1, 0.15) is 0 Å². The zero-order valence-electron chi connectivity index (χ0n) is 6.69. The van der Waals surface area contributed by atoms with Gasteiger partial charge in [0.05, 0.1) is 13.2 Å². The van der Waals surface area contributed by atoms with Gasteiger partial charge in [0, 0.05) is 11.3 Å². The van der Waals surface area contributed by atoms with Gasteiger partial charge in [-0.15, -0.1) is 11.6 Å². The van der Waals surface area contributed by atoms with Crippen molar-refractivity contribution in [3.8, 4) is 0 Å². The van der Waals surface area contributed by atoms with Crippen molar-refractivity contribution >= 4 is 11.6 Å². The van der Waals surface area contributed by atoms with E-state index in [-0.39, 0.29) is 0 Å². The van der Waals surface area contributed by atoms with Crippen LogP contribution in [-0.2, 0) is 4.74 Å². The standard InChI is InChI=1S/C8H15ClO/c1-7(2)8(3-4-9)5-10-6-8/h7H,3-6H2,1-2H3. The predicted octanol–water partition coefficient (Wildman–Crippen LogP) is 2.29. The molecule has 0 aliphatic carbocycles. The van der Waals surface area contributed by atoms with Gasteiger partial charge in [-0.05, 0) is 12.3 Å². The van der Waals surface area contributed by atoms with E-state index in [0.717, 1.165) is 25.5 Å². The smallest absolute Gasteiger partial charge is 0.0547 e. The van der Waals surface area contributed by atoms with Gasteiger partial charge in [-0.3, -0.25) is 0 Å². The van der Waals surface area contributed by atoms with Crippen molar-refractivity contribution in [3.05, 3.63) is 0 Å². The van der Waals surface area contributed by atoms with Crippen LogP contribution in [0.25, 0.3) is 0 Å². The molecule has 0 aromatic carbocycles. The van der Waals surface area contributed by atoms with Crippen LogP contribution < -0.4 is 0 Å². The van der Waals surface area contributed by atoms with Crippen LogP contribution in [0.4, 0.5) is 0 Å². The number of ether oxygens (including phenoxy) is 1. The molecule has 1 aliphatic heterocycles. The van der Waals surface area contributed by atoms with Crippen LogP contribution >= 0.6 is 11.6 Å². The van der Waals surface area contributed by atoms with Crippen molar-refractivity contribution in [1.82, 2.24) is 0 Å². The Labute approximate surface area is 67.7 Å². The lowest BCUT2D eigenvalue weighted by molar-refractivity contribution is -0.140. The van der Waals surface area contributed by atoms with Crippen molar-refractivity contribution in [2.24, 2.45) is 11.3 Å². The van der Waals surface area contributed by atoms with Crippen LogP contribution in [0.15, 0.2) is 0 Å². The first-order valence-corrected chi connectivity index (χ1v) is 4.38. The van der Waals surface area contributed by atoms with E-state index < -0.39 is 0 Å². The summed E-state index contributed by atoms with van der Waals surface area (Å²) < 4.78 is 5.19. The molecular weight excluding hydrogens is 148 g/mol. The lowest BCUT2D eigenvalue weighted by atomic mass is 9.73. The molecule has 1 aliphatic rings. The fourth-order valence-corrected chi connectivity index (χ4v) is 1.70. The molecule has 1 rings (SSSR count). The van der Waals surface area contributed by atoms with Crippen LogP contribution in [-0.4, -0.2) is 19.1 Å². The van der Waals surface area contributed by atoms with E-state index in [1.165, 1.54) is 0 Å². The van der Waals surface area contributed by atoms with Gasteiger partial charge in [0.25, 0.3) is 0 Å². The molecule has 0 bridgehead atoms. The zero-order valence-corrected chi connectivity index (χ0v) is 7.45. The van der Waals surface area contributed by atoms with Crippen LogP contribution in [0.2, 0.25) is 0 Å². The van der Waals surface area contributed by atoms with Crippen LogP contribution in [0, 0.1) is 11.3 Å². The Morgan fingerprint density at radius 2 is 2.10 bits per heavy atom. The van der Waals surface area contributed by atoms with Gasteiger partial charge >= 0.3 is 0 Å². The molecule has 1 fully saturated rings. The maximum atomic E-state index is 5.69. The van der Waals surface area contributed by atoms with Crippen molar-refractivity contribution in [2.75, 3.05) is 19.1 Å². The average molecular weight is 163 g/mol.